The number of benzene rings is 1. The Morgan fingerprint density at radius 2 is 2.00 bits per heavy atom. The van der Waals surface area contributed by atoms with E-state index < -0.39 is 0 Å². The van der Waals surface area contributed by atoms with Gasteiger partial charge in [0, 0.05) is 6.04 Å². The van der Waals surface area contributed by atoms with E-state index in [1.807, 2.05) is 0 Å². The number of hydrogen-bond donors (Lipinski definition) is 0. The Morgan fingerprint density at radius 1 is 1.22 bits per heavy atom. The molecule has 1 heterocycles. The summed E-state index contributed by atoms with van der Waals surface area (Å²) in [5.41, 5.74) is 1.45. The predicted molar refractivity (Wildman–Crippen MR) is 76.1 cm³/mol. The highest BCUT2D eigenvalue weighted by Crippen LogP contribution is 2.31. The van der Waals surface area contributed by atoms with Gasteiger partial charge in [-0.3, -0.25) is 4.90 Å². The lowest BCUT2D eigenvalue weighted by atomic mass is 9.95. The first kappa shape index (κ1) is 13.4. The Morgan fingerprint density at radius 3 is 2.67 bits per heavy atom. The molecule has 2 rings (SSSR count). The Kier molecular flexibility index (Phi) is 5.06. The normalized spacial score (nSPS) is 20.9. The number of unbranched alkanes of at least 4 members (excludes halogenated alkanes) is 1. The Hall–Kier alpha value is -1.02. The summed E-state index contributed by atoms with van der Waals surface area (Å²) in [7, 11) is 1.73. The number of likely N-dealkylation sites (tertiary alicyclic amines) is 1. The molecule has 18 heavy (non-hydrogen) atoms. The summed E-state index contributed by atoms with van der Waals surface area (Å²) in [5, 5.41) is 0. The molecular formula is C16H25NO. The van der Waals surface area contributed by atoms with Crippen molar-refractivity contribution in [3.05, 3.63) is 29.8 Å². The van der Waals surface area contributed by atoms with Crippen LogP contribution in [0.15, 0.2) is 24.3 Å². The van der Waals surface area contributed by atoms with E-state index in [4.69, 9.17) is 4.74 Å². The van der Waals surface area contributed by atoms with Crippen LogP contribution in [0.2, 0.25) is 0 Å². The van der Waals surface area contributed by atoms with Gasteiger partial charge >= 0.3 is 0 Å². The first-order valence-corrected chi connectivity index (χ1v) is 7.23. The van der Waals surface area contributed by atoms with Crippen LogP contribution in [0.25, 0.3) is 0 Å². The van der Waals surface area contributed by atoms with Gasteiger partial charge in [0.05, 0.1) is 7.11 Å². The molecule has 2 nitrogen and oxygen atoms in total. The minimum Gasteiger partial charge on any atom is -0.497 e. The van der Waals surface area contributed by atoms with E-state index in [-0.39, 0.29) is 0 Å². The van der Waals surface area contributed by atoms with Crippen LogP contribution in [0.3, 0.4) is 0 Å². The molecule has 1 saturated heterocycles. The maximum absolute atomic E-state index is 5.23. The molecule has 100 valence electrons. The predicted octanol–water partition coefficient (Wildman–Crippen LogP) is 4.02. The maximum atomic E-state index is 5.23. The zero-order valence-electron chi connectivity index (χ0n) is 11.7. The molecule has 0 saturated carbocycles. The molecule has 0 bridgehead atoms. The maximum Gasteiger partial charge on any atom is 0.118 e. The smallest absolute Gasteiger partial charge is 0.118 e. The van der Waals surface area contributed by atoms with Crippen molar-refractivity contribution < 1.29 is 4.74 Å². The second kappa shape index (κ2) is 6.79. The second-order valence-electron chi connectivity index (χ2n) is 5.17. The molecular weight excluding hydrogens is 222 g/mol. The summed E-state index contributed by atoms with van der Waals surface area (Å²) in [6.07, 6.45) is 6.62. The van der Waals surface area contributed by atoms with Gasteiger partial charge in [-0.2, -0.15) is 0 Å². The van der Waals surface area contributed by atoms with E-state index in [0.717, 1.165) is 5.75 Å². The van der Waals surface area contributed by atoms with Gasteiger partial charge in [-0.1, -0.05) is 31.9 Å². The Balaban J connectivity index is 2.06. The largest absolute Gasteiger partial charge is 0.497 e. The highest BCUT2D eigenvalue weighted by Gasteiger charge is 2.23. The summed E-state index contributed by atoms with van der Waals surface area (Å²) < 4.78 is 5.23. The quantitative estimate of drug-likeness (QED) is 0.779. The Labute approximate surface area is 111 Å². The zero-order valence-corrected chi connectivity index (χ0v) is 11.7. The summed E-state index contributed by atoms with van der Waals surface area (Å²) in [6.45, 7) is 4.77. The summed E-state index contributed by atoms with van der Waals surface area (Å²) in [5.74, 6) is 0.953. The zero-order chi connectivity index (χ0) is 12.8. The highest BCUT2D eigenvalue weighted by molar-refractivity contribution is 5.29. The number of nitrogens with zero attached hydrogens (tertiary/aromatic N) is 1. The standard InChI is InChI=1S/C16H25NO/c1-3-4-12-17-13-6-5-7-16(17)14-8-10-15(18-2)11-9-14/h8-11,16H,3-7,12-13H2,1-2H3. The molecule has 1 aromatic carbocycles. The van der Waals surface area contributed by atoms with Crippen molar-refractivity contribution in [2.24, 2.45) is 0 Å². The molecule has 1 aliphatic heterocycles. The lowest BCUT2D eigenvalue weighted by Gasteiger charge is -2.36. The molecule has 0 radical (unpaired) electrons. The van der Waals surface area contributed by atoms with Crippen LogP contribution < -0.4 is 4.74 Å². The third-order valence-electron chi connectivity index (χ3n) is 3.91. The summed E-state index contributed by atoms with van der Waals surface area (Å²) >= 11 is 0. The van der Waals surface area contributed by atoms with E-state index in [2.05, 4.69) is 36.1 Å². The van der Waals surface area contributed by atoms with Gasteiger partial charge in [0.2, 0.25) is 0 Å². The van der Waals surface area contributed by atoms with E-state index in [0.29, 0.717) is 6.04 Å². The van der Waals surface area contributed by atoms with E-state index in [9.17, 15) is 0 Å². The van der Waals surface area contributed by atoms with Crippen molar-refractivity contribution in [3.8, 4) is 5.75 Å². The number of methoxy groups -OCH3 is 1. The van der Waals surface area contributed by atoms with Crippen molar-refractivity contribution in [3.63, 3.8) is 0 Å². The van der Waals surface area contributed by atoms with Gasteiger partial charge in [-0.15, -0.1) is 0 Å². The molecule has 1 atom stereocenters. The van der Waals surface area contributed by atoms with Crippen LogP contribution >= 0.6 is 0 Å². The first-order chi connectivity index (χ1) is 8.85. The minimum absolute atomic E-state index is 0.621. The topological polar surface area (TPSA) is 12.5 Å². The van der Waals surface area contributed by atoms with Crippen molar-refractivity contribution >= 4 is 0 Å². The SMILES string of the molecule is CCCCN1CCCCC1c1ccc(OC)cc1. The van der Waals surface area contributed by atoms with Gasteiger partial charge in [0.15, 0.2) is 0 Å². The van der Waals surface area contributed by atoms with Gasteiger partial charge in [0.1, 0.15) is 5.75 Å². The summed E-state index contributed by atoms with van der Waals surface area (Å²) in [4.78, 5) is 2.66. The molecule has 0 N–H and O–H groups in total. The first-order valence-electron chi connectivity index (χ1n) is 7.23. The second-order valence-corrected chi connectivity index (χ2v) is 5.17. The molecule has 0 aliphatic carbocycles. The number of hydrogen-bond acceptors (Lipinski definition) is 2. The molecule has 2 heteroatoms. The van der Waals surface area contributed by atoms with E-state index in [1.165, 1.54) is 50.8 Å². The molecule has 1 aromatic rings. The van der Waals surface area contributed by atoms with Crippen molar-refractivity contribution in [2.75, 3.05) is 20.2 Å². The fraction of sp³-hybridized carbons (Fsp3) is 0.625. The molecule has 0 amide bonds. The van der Waals surface area contributed by atoms with Gasteiger partial charge < -0.3 is 4.74 Å². The fourth-order valence-corrected chi connectivity index (χ4v) is 2.82. The van der Waals surface area contributed by atoms with Crippen molar-refractivity contribution in [2.45, 2.75) is 45.1 Å². The van der Waals surface area contributed by atoms with Crippen LogP contribution in [0.4, 0.5) is 0 Å². The van der Waals surface area contributed by atoms with Crippen LogP contribution in [0, 0.1) is 0 Å². The molecule has 0 spiro atoms. The van der Waals surface area contributed by atoms with Crippen LogP contribution in [0.1, 0.15) is 50.6 Å². The number of ether oxygens (including phenoxy) is 1. The Bertz CT molecular complexity index is 347. The van der Waals surface area contributed by atoms with E-state index >= 15 is 0 Å². The van der Waals surface area contributed by atoms with Gasteiger partial charge in [0.25, 0.3) is 0 Å². The van der Waals surface area contributed by atoms with Gasteiger partial charge in [-0.05, 0) is 50.0 Å². The fourth-order valence-electron chi connectivity index (χ4n) is 2.82. The molecule has 0 aromatic heterocycles. The highest BCUT2D eigenvalue weighted by atomic mass is 16.5. The average Bonchev–Trinajstić information content (AvgIpc) is 2.45. The average molecular weight is 247 g/mol. The lowest BCUT2D eigenvalue weighted by Crippen LogP contribution is -2.34. The van der Waals surface area contributed by atoms with Crippen LogP contribution in [0.5, 0.6) is 5.75 Å². The summed E-state index contributed by atoms with van der Waals surface area (Å²) in [6, 6.07) is 9.25. The lowest BCUT2D eigenvalue weighted by molar-refractivity contribution is 0.146. The molecule has 1 unspecified atom stereocenters. The molecule has 1 fully saturated rings. The van der Waals surface area contributed by atoms with Crippen molar-refractivity contribution in [1.82, 2.24) is 4.90 Å². The van der Waals surface area contributed by atoms with Gasteiger partial charge in [-0.25, -0.2) is 0 Å². The van der Waals surface area contributed by atoms with E-state index in [1.54, 1.807) is 7.11 Å². The monoisotopic (exact) mass is 247 g/mol. The third kappa shape index (κ3) is 3.26. The van der Waals surface area contributed by atoms with Crippen LogP contribution in [-0.2, 0) is 0 Å². The third-order valence-corrected chi connectivity index (χ3v) is 3.91. The minimum atomic E-state index is 0.621. The molecule has 1 aliphatic rings. The number of rotatable bonds is 5. The van der Waals surface area contributed by atoms with Crippen molar-refractivity contribution in [1.29, 1.82) is 0 Å². The van der Waals surface area contributed by atoms with Crippen LogP contribution in [-0.4, -0.2) is 25.1 Å². The number of piperidine rings is 1.